The van der Waals surface area contributed by atoms with E-state index in [1.165, 1.54) is 5.56 Å². The lowest BCUT2D eigenvalue weighted by atomic mass is 9.99. The van der Waals surface area contributed by atoms with E-state index in [-0.39, 0.29) is 0 Å². The van der Waals surface area contributed by atoms with Gasteiger partial charge in [-0.25, -0.2) is 0 Å². The molecule has 0 saturated heterocycles. The summed E-state index contributed by atoms with van der Waals surface area (Å²) in [7, 11) is 0. The predicted octanol–water partition coefficient (Wildman–Crippen LogP) is 4.15. The van der Waals surface area contributed by atoms with Crippen molar-refractivity contribution < 1.29 is 5.11 Å². The molecule has 0 heterocycles. The molecule has 0 fully saturated rings. The Morgan fingerprint density at radius 3 is 2.35 bits per heavy atom. The Morgan fingerprint density at radius 1 is 1.00 bits per heavy atom. The Kier molecular flexibility index (Phi) is 3.65. The van der Waals surface area contributed by atoms with Gasteiger partial charge in [-0.1, -0.05) is 57.9 Å². The molecule has 0 spiro atoms. The lowest BCUT2D eigenvalue weighted by Gasteiger charge is -2.14. The third-order valence-corrected chi connectivity index (χ3v) is 3.50. The Hall–Kier alpha value is -1.12. The highest BCUT2D eigenvalue weighted by molar-refractivity contribution is 9.10. The minimum absolute atomic E-state index is 0.579. The Balaban J connectivity index is 2.40. The largest absolute Gasteiger partial charge is 0.384 e. The smallest absolute Gasteiger partial charge is 0.105 e. The first-order valence-corrected chi connectivity index (χ1v) is 6.38. The molecule has 2 heteroatoms. The molecule has 0 aliphatic heterocycles. The van der Waals surface area contributed by atoms with Crippen molar-refractivity contribution in [3.8, 4) is 0 Å². The van der Waals surface area contributed by atoms with E-state index in [4.69, 9.17) is 0 Å². The van der Waals surface area contributed by atoms with E-state index in [0.717, 1.165) is 21.2 Å². The minimum atomic E-state index is -0.579. The van der Waals surface area contributed by atoms with E-state index in [0.29, 0.717) is 0 Å². The maximum absolute atomic E-state index is 10.4. The van der Waals surface area contributed by atoms with Crippen LogP contribution in [-0.2, 0) is 0 Å². The van der Waals surface area contributed by atoms with Gasteiger partial charge < -0.3 is 5.11 Å². The number of aliphatic hydroxyl groups is 1. The molecule has 2 rings (SSSR count). The number of hydrogen-bond donors (Lipinski definition) is 1. The summed E-state index contributed by atoms with van der Waals surface area (Å²) >= 11 is 3.50. The van der Waals surface area contributed by atoms with Crippen LogP contribution in [0.3, 0.4) is 0 Å². The zero-order chi connectivity index (χ0) is 12.4. The molecule has 0 amide bonds. The van der Waals surface area contributed by atoms with Crippen LogP contribution >= 0.6 is 15.9 Å². The SMILES string of the molecule is Cc1cccc(C(O)c2ccc(C)cc2Br)c1. The lowest BCUT2D eigenvalue weighted by molar-refractivity contribution is 0.219. The molecule has 2 aromatic rings. The first kappa shape index (κ1) is 12.3. The topological polar surface area (TPSA) is 20.2 Å². The van der Waals surface area contributed by atoms with Gasteiger partial charge in [0.05, 0.1) is 0 Å². The first-order chi connectivity index (χ1) is 8.08. The molecule has 0 aliphatic carbocycles. The molecular formula is C15H15BrO. The average Bonchev–Trinajstić information content (AvgIpc) is 2.28. The van der Waals surface area contributed by atoms with Crippen LogP contribution in [0.2, 0.25) is 0 Å². The summed E-state index contributed by atoms with van der Waals surface area (Å²) in [6.07, 6.45) is -0.579. The molecule has 88 valence electrons. The van der Waals surface area contributed by atoms with E-state index >= 15 is 0 Å². The molecular weight excluding hydrogens is 276 g/mol. The van der Waals surface area contributed by atoms with E-state index in [2.05, 4.69) is 15.9 Å². The molecule has 0 aromatic heterocycles. The number of halogens is 1. The summed E-state index contributed by atoms with van der Waals surface area (Å²) in [4.78, 5) is 0. The van der Waals surface area contributed by atoms with Gasteiger partial charge in [-0.2, -0.15) is 0 Å². The number of benzene rings is 2. The van der Waals surface area contributed by atoms with Gasteiger partial charge in [0.25, 0.3) is 0 Å². The molecule has 1 nitrogen and oxygen atoms in total. The second kappa shape index (κ2) is 5.03. The van der Waals surface area contributed by atoms with Crippen molar-refractivity contribution in [3.63, 3.8) is 0 Å². The van der Waals surface area contributed by atoms with Gasteiger partial charge in [-0.3, -0.25) is 0 Å². The van der Waals surface area contributed by atoms with Gasteiger partial charge in [0.1, 0.15) is 6.10 Å². The lowest BCUT2D eigenvalue weighted by Crippen LogP contribution is -2.01. The predicted molar refractivity (Wildman–Crippen MR) is 74.1 cm³/mol. The van der Waals surface area contributed by atoms with Crippen molar-refractivity contribution in [2.24, 2.45) is 0 Å². The summed E-state index contributed by atoms with van der Waals surface area (Å²) < 4.78 is 0.950. The summed E-state index contributed by atoms with van der Waals surface area (Å²) in [5, 5.41) is 10.4. The molecule has 0 radical (unpaired) electrons. The molecule has 0 aliphatic rings. The monoisotopic (exact) mass is 290 g/mol. The third kappa shape index (κ3) is 2.76. The molecule has 0 bridgehead atoms. The van der Waals surface area contributed by atoms with Crippen LogP contribution in [0.5, 0.6) is 0 Å². The average molecular weight is 291 g/mol. The number of hydrogen-bond acceptors (Lipinski definition) is 1. The fraction of sp³-hybridized carbons (Fsp3) is 0.200. The second-order valence-electron chi connectivity index (χ2n) is 4.34. The van der Waals surface area contributed by atoms with Crippen LogP contribution < -0.4 is 0 Å². The highest BCUT2D eigenvalue weighted by Gasteiger charge is 2.13. The van der Waals surface area contributed by atoms with Crippen LogP contribution in [0.25, 0.3) is 0 Å². The van der Waals surface area contributed by atoms with Crippen molar-refractivity contribution in [2.75, 3.05) is 0 Å². The van der Waals surface area contributed by atoms with Crippen LogP contribution in [0.4, 0.5) is 0 Å². The summed E-state index contributed by atoms with van der Waals surface area (Å²) in [5.74, 6) is 0. The molecule has 1 N–H and O–H groups in total. The maximum atomic E-state index is 10.4. The molecule has 1 unspecified atom stereocenters. The Morgan fingerprint density at radius 2 is 1.71 bits per heavy atom. The van der Waals surface area contributed by atoms with Gasteiger partial charge in [0.2, 0.25) is 0 Å². The zero-order valence-electron chi connectivity index (χ0n) is 9.94. The summed E-state index contributed by atoms with van der Waals surface area (Å²) in [6, 6.07) is 14.0. The molecule has 0 saturated carbocycles. The third-order valence-electron chi connectivity index (χ3n) is 2.81. The fourth-order valence-electron chi connectivity index (χ4n) is 1.87. The van der Waals surface area contributed by atoms with Gasteiger partial charge in [0, 0.05) is 4.47 Å². The van der Waals surface area contributed by atoms with Gasteiger partial charge in [-0.05, 0) is 36.6 Å². The highest BCUT2D eigenvalue weighted by atomic mass is 79.9. The van der Waals surface area contributed by atoms with Crippen LogP contribution in [0, 0.1) is 13.8 Å². The number of aliphatic hydroxyl groups excluding tert-OH is 1. The van der Waals surface area contributed by atoms with Crippen LogP contribution in [-0.4, -0.2) is 5.11 Å². The van der Waals surface area contributed by atoms with Crippen molar-refractivity contribution in [1.29, 1.82) is 0 Å². The van der Waals surface area contributed by atoms with Gasteiger partial charge >= 0.3 is 0 Å². The van der Waals surface area contributed by atoms with Crippen molar-refractivity contribution in [1.82, 2.24) is 0 Å². The quantitative estimate of drug-likeness (QED) is 0.881. The Bertz CT molecular complexity index is 534. The normalized spacial score (nSPS) is 12.5. The second-order valence-corrected chi connectivity index (χ2v) is 5.20. The minimum Gasteiger partial charge on any atom is -0.384 e. The maximum Gasteiger partial charge on any atom is 0.105 e. The van der Waals surface area contributed by atoms with E-state index < -0.39 is 6.10 Å². The Labute approximate surface area is 110 Å². The van der Waals surface area contributed by atoms with Crippen molar-refractivity contribution in [2.45, 2.75) is 20.0 Å². The number of aryl methyl sites for hydroxylation is 2. The zero-order valence-corrected chi connectivity index (χ0v) is 11.5. The number of rotatable bonds is 2. The van der Waals surface area contributed by atoms with E-state index in [1.807, 2.05) is 56.3 Å². The van der Waals surface area contributed by atoms with Crippen LogP contribution in [0.1, 0.15) is 28.4 Å². The van der Waals surface area contributed by atoms with Gasteiger partial charge in [-0.15, -0.1) is 0 Å². The molecule has 17 heavy (non-hydrogen) atoms. The first-order valence-electron chi connectivity index (χ1n) is 5.58. The summed E-state index contributed by atoms with van der Waals surface area (Å²) in [5.41, 5.74) is 4.16. The highest BCUT2D eigenvalue weighted by Crippen LogP contribution is 2.29. The summed E-state index contributed by atoms with van der Waals surface area (Å²) in [6.45, 7) is 4.06. The van der Waals surface area contributed by atoms with Crippen LogP contribution in [0.15, 0.2) is 46.9 Å². The van der Waals surface area contributed by atoms with Crippen molar-refractivity contribution >= 4 is 15.9 Å². The standard InChI is InChI=1S/C15H15BrO/c1-10-4-3-5-12(8-10)15(17)13-7-6-11(2)9-14(13)16/h3-9,15,17H,1-2H3. The van der Waals surface area contributed by atoms with E-state index in [9.17, 15) is 5.11 Å². The molecule has 1 atom stereocenters. The van der Waals surface area contributed by atoms with E-state index in [1.54, 1.807) is 0 Å². The fourth-order valence-corrected chi connectivity index (χ4v) is 2.58. The van der Waals surface area contributed by atoms with Crippen molar-refractivity contribution in [3.05, 3.63) is 69.2 Å². The van der Waals surface area contributed by atoms with Gasteiger partial charge in [0.15, 0.2) is 0 Å². The molecule has 2 aromatic carbocycles.